The highest BCUT2D eigenvalue weighted by molar-refractivity contribution is 7.99. The molecule has 4 nitrogen and oxygen atoms in total. The molecule has 22 heavy (non-hydrogen) atoms. The van der Waals surface area contributed by atoms with E-state index >= 15 is 0 Å². The number of piperidine rings is 1. The van der Waals surface area contributed by atoms with Gasteiger partial charge in [0.2, 0.25) is 0 Å². The molecule has 1 N–H and O–H groups in total. The Morgan fingerprint density at radius 1 is 1.27 bits per heavy atom. The molecule has 1 unspecified atom stereocenters. The minimum Gasteiger partial charge on any atom is -0.281 e. The zero-order valence-corrected chi connectivity index (χ0v) is 14.5. The second-order valence-corrected chi connectivity index (χ2v) is 8.17. The summed E-state index contributed by atoms with van der Waals surface area (Å²) in [7, 11) is -0.851. The Balaban J connectivity index is 1.70. The average Bonchev–Trinajstić information content (AvgIpc) is 2.98. The highest BCUT2D eigenvalue weighted by Crippen LogP contribution is 2.36. The van der Waals surface area contributed by atoms with Crippen LogP contribution in [0.4, 0.5) is 0 Å². The number of hydrogen-bond acceptors (Lipinski definition) is 3. The maximum absolute atomic E-state index is 11.5. The van der Waals surface area contributed by atoms with E-state index in [0.29, 0.717) is 5.92 Å². The van der Waals surface area contributed by atoms with Crippen LogP contribution in [0, 0.1) is 6.92 Å². The van der Waals surface area contributed by atoms with Gasteiger partial charge in [0, 0.05) is 30.2 Å². The first kappa shape index (κ1) is 15.8. The number of H-pyrrole nitrogens is 1. The fraction of sp³-hybridized carbons (Fsp3) is 0.438. The number of aromatic nitrogens is 2. The van der Waals surface area contributed by atoms with Gasteiger partial charge in [-0.15, -0.1) is 0 Å². The molecule has 2 aromatic rings. The van der Waals surface area contributed by atoms with E-state index in [-0.39, 0.29) is 0 Å². The van der Waals surface area contributed by atoms with Crippen LogP contribution in [0.1, 0.15) is 30.0 Å². The van der Waals surface area contributed by atoms with E-state index in [1.54, 1.807) is 18.0 Å². The van der Waals surface area contributed by atoms with Crippen molar-refractivity contribution >= 4 is 22.7 Å². The summed E-state index contributed by atoms with van der Waals surface area (Å²) < 4.78 is 13.6. The van der Waals surface area contributed by atoms with Crippen LogP contribution >= 0.6 is 11.8 Å². The van der Waals surface area contributed by atoms with E-state index in [9.17, 15) is 4.21 Å². The molecule has 118 valence electrons. The lowest BCUT2D eigenvalue weighted by molar-refractivity contribution is 0.330. The van der Waals surface area contributed by atoms with Gasteiger partial charge in [-0.25, -0.2) is 8.51 Å². The summed E-state index contributed by atoms with van der Waals surface area (Å²) in [5.41, 5.74) is 2.50. The summed E-state index contributed by atoms with van der Waals surface area (Å²) in [4.78, 5) is 2.44. The van der Waals surface area contributed by atoms with Crippen molar-refractivity contribution in [3.63, 3.8) is 0 Å². The first-order valence-corrected chi connectivity index (χ1v) is 9.83. The molecule has 1 aromatic carbocycles. The predicted octanol–water partition coefficient (Wildman–Crippen LogP) is 3.34. The average molecular weight is 335 g/mol. The number of aryl methyl sites for hydroxylation is 1. The molecule has 6 heteroatoms. The first-order chi connectivity index (χ1) is 10.6. The van der Waals surface area contributed by atoms with E-state index in [1.165, 1.54) is 21.0 Å². The molecule has 0 radical (unpaired) electrons. The molecular weight excluding hydrogens is 314 g/mol. The summed E-state index contributed by atoms with van der Waals surface area (Å²) in [5.74, 6) is 0.482. The highest BCUT2D eigenvalue weighted by Gasteiger charge is 2.25. The van der Waals surface area contributed by atoms with E-state index < -0.39 is 11.0 Å². The van der Waals surface area contributed by atoms with E-state index in [4.69, 9.17) is 0 Å². The number of nitrogens with zero attached hydrogens (tertiary/aromatic N) is 2. The van der Waals surface area contributed by atoms with Gasteiger partial charge in [0.25, 0.3) is 0 Å². The van der Waals surface area contributed by atoms with Crippen molar-refractivity contribution in [3.05, 3.63) is 41.7 Å². The standard InChI is InChI=1S/C16H21N3OS2/c1-12-3-5-14(6-4-12)21-15-11-17-18-16(15)13-7-9-19(10-8-13)22(2)20/h3-6,11,13H,7-10H2,1-2H3,(H,17,18). The third-order valence-electron chi connectivity index (χ3n) is 4.11. The molecule has 1 aromatic heterocycles. The molecule has 1 aliphatic heterocycles. The summed E-state index contributed by atoms with van der Waals surface area (Å²) in [6.45, 7) is 3.88. The first-order valence-electron chi connectivity index (χ1n) is 7.50. The van der Waals surface area contributed by atoms with Crippen LogP contribution in [0.5, 0.6) is 0 Å². The van der Waals surface area contributed by atoms with Crippen molar-refractivity contribution in [2.45, 2.75) is 35.5 Å². The number of benzene rings is 1. The van der Waals surface area contributed by atoms with Gasteiger partial charge >= 0.3 is 0 Å². The monoisotopic (exact) mass is 335 g/mol. The Morgan fingerprint density at radius 2 is 1.95 bits per heavy atom. The van der Waals surface area contributed by atoms with Gasteiger partial charge in [-0.2, -0.15) is 5.10 Å². The van der Waals surface area contributed by atoms with Crippen LogP contribution in [0.25, 0.3) is 0 Å². The van der Waals surface area contributed by atoms with Crippen LogP contribution in [0.3, 0.4) is 0 Å². The lowest BCUT2D eigenvalue weighted by Crippen LogP contribution is -2.34. The number of hydrogen-bond donors (Lipinski definition) is 1. The second kappa shape index (κ2) is 6.98. The zero-order chi connectivity index (χ0) is 15.5. The normalized spacial score (nSPS) is 18.5. The maximum Gasteiger partial charge on any atom is 0.0910 e. The number of aromatic amines is 1. The molecule has 0 amide bonds. The van der Waals surface area contributed by atoms with Crippen molar-refractivity contribution in [1.29, 1.82) is 0 Å². The maximum atomic E-state index is 11.5. The Bertz CT molecular complexity index is 646. The van der Waals surface area contributed by atoms with Gasteiger partial charge in [-0.1, -0.05) is 29.5 Å². The molecule has 1 fully saturated rings. The van der Waals surface area contributed by atoms with Crippen LogP contribution in [-0.4, -0.2) is 38.1 Å². The van der Waals surface area contributed by atoms with Crippen molar-refractivity contribution in [2.75, 3.05) is 19.3 Å². The molecule has 0 bridgehead atoms. The van der Waals surface area contributed by atoms with Crippen LogP contribution < -0.4 is 0 Å². The summed E-state index contributed by atoms with van der Waals surface area (Å²) >= 11 is 1.76. The number of rotatable bonds is 4. The fourth-order valence-electron chi connectivity index (χ4n) is 2.79. The Hall–Kier alpha value is -1.11. The zero-order valence-electron chi connectivity index (χ0n) is 12.9. The largest absolute Gasteiger partial charge is 0.281 e. The van der Waals surface area contributed by atoms with Crippen LogP contribution in [0.2, 0.25) is 0 Å². The third-order valence-corrected chi connectivity index (χ3v) is 6.25. The number of nitrogens with one attached hydrogen (secondary N) is 1. The smallest absolute Gasteiger partial charge is 0.0910 e. The second-order valence-electron chi connectivity index (χ2n) is 5.69. The topological polar surface area (TPSA) is 49.0 Å². The summed E-state index contributed by atoms with van der Waals surface area (Å²) in [5, 5.41) is 7.43. The lowest BCUT2D eigenvalue weighted by Gasteiger charge is -2.29. The third kappa shape index (κ3) is 3.62. The molecule has 0 aliphatic carbocycles. The van der Waals surface area contributed by atoms with Gasteiger partial charge in [0.15, 0.2) is 0 Å². The minimum absolute atomic E-state index is 0.482. The molecule has 1 aliphatic rings. The summed E-state index contributed by atoms with van der Waals surface area (Å²) in [6, 6.07) is 8.58. The van der Waals surface area contributed by atoms with Gasteiger partial charge in [0.05, 0.1) is 27.8 Å². The predicted molar refractivity (Wildman–Crippen MR) is 91.5 cm³/mol. The molecule has 0 spiro atoms. The van der Waals surface area contributed by atoms with E-state index in [1.807, 2.05) is 10.5 Å². The SMILES string of the molecule is Cc1ccc(Sc2cn[nH]c2C2CCN(S(C)=O)CC2)cc1. The highest BCUT2D eigenvalue weighted by atomic mass is 32.2. The van der Waals surface area contributed by atoms with E-state index in [0.717, 1.165) is 25.9 Å². The van der Waals surface area contributed by atoms with Crippen LogP contribution in [-0.2, 0) is 11.0 Å². The quantitative estimate of drug-likeness (QED) is 0.932. The minimum atomic E-state index is -0.851. The Kier molecular flexibility index (Phi) is 5.00. The van der Waals surface area contributed by atoms with Gasteiger partial charge in [-0.05, 0) is 31.9 Å². The molecule has 1 atom stereocenters. The molecule has 3 rings (SSSR count). The Labute approximate surface area is 138 Å². The van der Waals surface area contributed by atoms with Crippen molar-refractivity contribution in [2.24, 2.45) is 0 Å². The molecular formula is C16H21N3OS2. The molecule has 1 saturated heterocycles. The summed E-state index contributed by atoms with van der Waals surface area (Å²) in [6.07, 6.45) is 5.74. The Morgan fingerprint density at radius 3 is 2.59 bits per heavy atom. The van der Waals surface area contributed by atoms with Gasteiger partial charge < -0.3 is 0 Å². The molecule has 0 saturated carbocycles. The van der Waals surface area contributed by atoms with Gasteiger partial charge in [0.1, 0.15) is 0 Å². The fourth-order valence-corrected chi connectivity index (χ4v) is 4.47. The van der Waals surface area contributed by atoms with Crippen molar-refractivity contribution < 1.29 is 4.21 Å². The van der Waals surface area contributed by atoms with Crippen molar-refractivity contribution in [1.82, 2.24) is 14.5 Å². The van der Waals surface area contributed by atoms with E-state index in [2.05, 4.69) is 41.4 Å². The van der Waals surface area contributed by atoms with Crippen LogP contribution in [0.15, 0.2) is 40.3 Å². The van der Waals surface area contributed by atoms with Crippen molar-refractivity contribution in [3.8, 4) is 0 Å². The lowest BCUT2D eigenvalue weighted by atomic mass is 9.95. The molecule has 2 heterocycles. The van der Waals surface area contributed by atoms with Gasteiger partial charge in [-0.3, -0.25) is 5.10 Å².